The molecule has 0 radical (unpaired) electrons. The Morgan fingerprint density at radius 1 is 0.408 bits per heavy atom. The lowest BCUT2D eigenvalue weighted by Crippen LogP contribution is -2.37. The van der Waals surface area contributed by atoms with Gasteiger partial charge in [0.05, 0.1) is 27.7 Å². The van der Waals surface area contributed by atoms with Crippen molar-refractivity contribution in [3.8, 4) is 0 Å². The van der Waals surface area contributed by atoms with Gasteiger partial charge in [0, 0.05) is 12.8 Å². The normalized spacial score (nSPS) is 14.3. The first-order valence-corrected chi connectivity index (χ1v) is 31.0. The second-order valence-corrected chi connectivity index (χ2v) is 21.7. The number of unbranched alkanes of at least 4 members (excludes halogenated alkanes) is 14. The van der Waals surface area contributed by atoms with Crippen molar-refractivity contribution in [2.45, 2.75) is 213 Å². The molecule has 10 heteroatoms. The molecule has 0 amide bonds. The van der Waals surface area contributed by atoms with Crippen molar-refractivity contribution in [2.24, 2.45) is 0 Å². The van der Waals surface area contributed by atoms with Crippen LogP contribution < -0.4 is 4.89 Å². The summed E-state index contributed by atoms with van der Waals surface area (Å²) in [6.45, 7) is 3.94. The van der Waals surface area contributed by atoms with E-state index in [9.17, 15) is 19.0 Å². The van der Waals surface area contributed by atoms with Gasteiger partial charge in [-0.25, -0.2) is 0 Å². The number of phosphoric acid groups is 1. The highest BCUT2D eigenvalue weighted by Crippen LogP contribution is 2.38. The summed E-state index contributed by atoms with van der Waals surface area (Å²) in [5.74, 6) is -0.897. The van der Waals surface area contributed by atoms with Crippen LogP contribution in [0.1, 0.15) is 206 Å². The molecule has 0 aliphatic heterocycles. The Morgan fingerprint density at radius 3 is 1.08 bits per heavy atom. The van der Waals surface area contributed by atoms with E-state index >= 15 is 0 Å². The number of rotatable bonds is 52. The zero-order valence-electron chi connectivity index (χ0n) is 48.6. The van der Waals surface area contributed by atoms with E-state index in [0.29, 0.717) is 23.9 Å². The molecule has 2 unspecified atom stereocenters. The molecular weight excluding hydrogens is 966 g/mol. The molecule has 430 valence electrons. The Bertz CT molecular complexity index is 1790. The summed E-state index contributed by atoms with van der Waals surface area (Å²) in [6.07, 6.45) is 81.8. The molecule has 76 heavy (non-hydrogen) atoms. The van der Waals surface area contributed by atoms with Gasteiger partial charge in [-0.1, -0.05) is 224 Å². The molecule has 0 bridgehead atoms. The standard InChI is InChI=1S/C66H108NO8P/c1-6-8-10-12-14-16-18-20-22-24-26-28-29-30-31-32-33-34-35-36-37-39-41-43-45-47-49-51-53-55-57-59-66(69)75-64(63-74-76(70,71)73-61-60-67(3,4)5)62-72-65(68)58-56-54-52-50-48-46-44-42-40-38-27-25-23-21-19-17-15-13-11-9-7-2/h8-11,14-17,20-23,26-28,30-31,33-34,38,42,44,48,50,64H,6-7,12-13,18-19,24-25,29,32,35-37,39-41,43,45-47,49,51-63H2,1-5H3/b10-8-,11-9-,16-14-,17-15-,22-20-,23-21-,28-26-,31-30-,34-33-,38-27-,44-42-,50-48-. The SMILES string of the molecule is CC/C=C\C/C=C\C/C=C\C/C=C\C/C=C\C/C=C\CCCCCCCCCCCCCCC(=O)OC(COC(=O)CCCC/C=C\C/C=C\C/C=C\C/C=C\C/C=C\C/C=C\CC)COP(=O)([O-])OCC[N+](C)(C)C. The van der Waals surface area contributed by atoms with Gasteiger partial charge in [-0.2, -0.15) is 0 Å². The van der Waals surface area contributed by atoms with Gasteiger partial charge < -0.3 is 27.9 Å². The number of likely N-dealkylation sites (N-methyl/N-ethyl adjacent to an activating group) is 1. The van der Waals surface area contributed by atoms with Crippen LogP contribution in [-0.2, 0) is 32.7 Å². The van der Waals surface area contributed by atoms with Crippen molar-refractivity contribution >= 4 is 19.8 Å². The minimum absolute atomic E-state index is 0.0465. The van der Waals surface area contributed by atoms with Crippen LogP contribution in [0.15, 0.2) is 146 Å². The Kier molecular flexibility index (Phi) is 52.6. The average molecular weight is 1070 g/mol. The Morgan fingerprint density at radius 2 is 0.711 bits per heavy atom. The second-order valence-electron chi connectivity index (χ2n) is 20.2. The quantitative estimate of drug-likeness (QED) is 0.0195. The molecule has 2 atom stereocenters. The number of hydrogen-bond donors (Lipinski definition) is 0. The zero-order valence-corrected chi connectivity index (χ0v) is 49.5. The van der Waals surface area contributed by atoms with Gasteiger partial charge in [0.1, 0.15) is 19.8 Å². The highest BCUT2D eigenvalue weighted by Gasteiger charge is 2.21. The summed E-state index contributed by atoms with van der Waals surface area (Å²) in [4.78, 5) is 37.9. The van der Waals surface area contributed by atoms with Gasteiger partial charge >= 0.3 is 11.9 Å². The average Bonchev–Trinajstić information content (AvgIpc) is 3.38. The monoisotopic (exact) mass is 1070 g/mol. The lowest BCUT2D eigenvalue weighted by atomic mass is 10.0. The lowest BCUT2D eigenvalue weighted by Gasteiger charge is -2.28. The summed E-state index contributed by atoms with van der Waals surface area (Å²) >= 11 is 0. The second kappa shape index (κ2) is 55.6. The predicted octanol–water partition coefficient (Wildman–Crippen LogP) is 18.1. The molecule has 0 aromatic carbocycles. The fraction of sp³-hybridized carbons (Fsp3) is 0.606. The van der Waals surface area contributed by atoms with Gasteiger partial charge in [-0.3, -0.25) is 14.2 Å². The van der Waals surface area contributed by atoms with Gasteiger partial charge in [-0.05, 0) is 116 Å². The number of ether oxygens (including phenoxy) is 2. The topological polar surface area (TPSA) is 111 Å². The molecular formula is C66H108NO8P. The first-order valence-electron chi connectivity index (χ1n) is 29.5. The Hall–Kier alpha value is -4.11. The van der Waals surface area contributed by atoms with E-state index in [2.05, 4.69) is 160 Å². The van der Waals surface area contributed by atoms with E-state index in [1.165, 1.54) is 51.4 Å². The number of esters is 2. The largest absolute Gasteiger partial charge is 0.756 e. The molecule has 0 heterocycles. The van der Waals surface area contributed by atoms with Crippen LogP contribution >= 0.6 is 7.82 Å². The maximum absolute atomic E-state index is 12.8. The third-order valence-electron chi connectivity index (χ3n) is 11.9. The molecule has 9 nitrogen and oxygen atoms in total. The molecule has 0 rings (SSSR count). The molecule has 0 saturated carbocycles. The van der Waals surface area contributed by atoms with Gasteiger partial charge in [0.15, 0.2) is 6.10 Å². The third kappa shape index (κ3) is 59.1. The van der Waals surface area contributed by atoms with Crippen LogP contribution in [0.2, 0.25) is 0 Å². The number of quaternary nitrogens is 1. The molecule has 0 fully saturated rings. The minimum atomic E-state index is -4.66. The van der Waals surface area contributed by atoms with E-state index in [4.69, 9.17) is 18.5 Å². The molecule has 0 aliphatic carbocycles. The molecule has 0 aliphatic rings. The first-order chi connectivity index (χ1) is 37.0. The van der Waals surface area contributed by atoms with Crippen LogP contribution in [0.25, 0.3) is 0 Å². The van der Waals surface area contributed by atoms with E-state index in [1.54, 1.807) is 0 Å². The van der Waals surface area contributed by atoms with Crippen LogP contribution in [0.4, 0.5) is 0 Å². The van der Waals surface area contributed by atoms with Gasteiger partial charge in [0.25, 0.3) is 7.82 Å². The van der Waals surface area contributed by atoms with Crippen LogP contribution in [0.5, 0.6) is 0 Å². The number of nitrogens with zero attached hydrogens (tertiary/aromatic N) is 1. The summed E-state index contributed by atoms with van der Waals surface area (Å²) in [5.41, 5.74) is 0. The molecule has 0 spiro atoms. The minimum Gasteiger partial charge on any atom is -0.756 e. The smallest absolute Gasteiger partial charge is 0.306 e. The van der Waals surface area contributed by atoms with Crippen molar-refractivity contribution in [2.75, 3.05) is 47.5 Å². The van der Waals surface area contributed by atoms with Crippen molar-refractivity contribution in [1.82, 2.24) is 0 Å². The van der Waals surface area contributed by atoms with Gasteiger partial charge in [0.2, 0.25) is 0 Å². The number of allylic oxidation sites excluding steroid dienone is 24. The highest BCUT2D eigenvalue weighted by atomic mass is 31.2. The van der Waals surface area contributed by atoms with Gasteiger partial charge in [-0.15, -0.1) is 0 Å². The predicted molar refractivity (Wildman–Crippen MR) is 323 cm³/mol. The summed E-state index contributed by atoms with van der Waals surface area (Å²) in [7, 11) is 1.12. The van der Waals surface area contributed by atoms with Crippen molar-refractivity contribution in [3.05, 3.63) is 146 Å². The summed E-state index contributed by atoms with van der Waals surface area (Å²) in [6, 6.07) is 0. The number of phosphoric ester groups is 1. The van der Waals surface area contributed by atoms with E-state index in [1.807, 2.05) is 21.1 Å². The molecule has 0 aromatic heterocycles. The number of carbonyl (C=O) groups is 2. The zero-order chi connectivity index (χ0) is 55.6. The maximum atomic E-state index is 12.8. The molecule has 0 aromatic rings. The van der Waals surface area contributed by atoms with E-state index in [-0.39, 0.29) is 26.1 Å². The first kappa shape index (κ1) is 71.9. The van der Waals surface area contributed by atoms with Crippen molar-refractivity contribution in [1.29, 1.82) is 0 Å². The molecule has 0 N–H and O–H groups in total. The number of carbonyl (C=O) groups excluding carboxylic acids is 2. The van der Waals surface area contributed by atoms with E-state index in [0.717, 1.165) is 116 Å². The van der Waals surface area contributed by atoms with E-state index < -0.39 is 32.5 Å². The maximum Gasteiger partial charge on any atom is 0.306 e. The van der Waals surface area contributed by atoms with Crippen LogP contribution in [0.3, 0.4) is 0 Å². The lowest BCUT2D eigenvalue weighted by molar-refractivity contribution is -0.870. The summed E-state index contributed by atoms with van der Waals surface area (Å²) in [5, 5.41) is 0. The fourth-order valence-electron chi connectivity index (χ4n) is 7.37. The Labute approximate surface area is 465 Å². The van der Waals surface area contributed by atoms with Crippen LogP contribution in [0, 0.1) is 0 Å². The van der Waals surface area contributed by atoms with Crippen molar-refractivity contribution in [3.63, 3.8) is 0 Å². The number of hydrogen-bond acceptors (Lipinski definition) is 8. The van der Waals surface area contributed by atoms with Crippen LogP contribution in [-0.4, -0.2) is 70.0 Å². The Balaban J connectivity index is 4.24. The molecule has 0 saturated heterocycles. The highest BCUT2D eigenvalue weighted by molar-refractivity contribution is 7.45. The summed E-state index contributed by atoms with van der Waals surface area (Å²) < 4.78 is 34.1. The fourth-order valence-corrected chi connectivity index (χ4v) is 8.10. The third-order valence-corrected chi connectivity index (χ3v) is 12.8. The van der Waals surface area contributed by atoms with Crippen molar-refractivity contribution < 1.29 is 42.1 Å².